The van der Waals surface area contributed by atoms with Gasteiger partial charge in [-0.2, -0.15) is 0 Å². The lowest BCUT2D eigenvalue weighted by atomic mass is 10.0. The lowest BCUT2D eigenvalue weighted by molar-refractivity contribution is 0.0527. The maximum Gasteiger partial charge on any atom is 0.417 e. The van der Waals surface area contributed by atoms with E-state index < -0.39 is 12.1 Å². The Hall–Kier alpha value is -2.27. The highest BCUT2D eigenvalue weighted by atomic mass is 35.5. The number of rotatable bonds is 3. The van der Waals surface area contributed by atoms with Gasteiger partial charge in [-0.15, -0.1) is 11.6 Å². The van der Waals surface area contributed by atoms with E-state index in [0.717, 1.165) is 35.6 Å². The molecule has 2 aromatic rings. The lowest BCUT2D eigenvalue weighted by Crippen LogP contribution is -2.37. The Morgan fingerprint density at radius 3 is 2.56 bits per heavy atom. The summed E-state index contributed by atoms with van der Waals surface area (Å²) in [6.07, 6.45) is 2.43. The average Bonchev–Trinajstić information content (AvgIpc) is 2.67. The summed E-state index contributed by atoms with van der Waals surface area (Å²) in [4.78, 5) is 26.0. The Morgan fingerprint density at radius 2 is 1.88 bits per heavy atom. The van der Waals surface area contributed by atoms with Gasteiger partial charge >= 0.3 is 12.1 Å². The highest BCUT2D eigenvalue weighted by Crippen LogP contribution is 2.30. The van der Waals surface area contributed by atoms with Crippen molar-refractivity contribution < 1.29 is 19.1 Å². The van der Waals surface area contributed by atoms with Gasteiger partial charge in [-0.1, -0.05) is 12.1 Å². The summed E-state index contributed by atoms with van der Waals surface area (Å²) in [7, 11) is 1.59. The van der Waals surface area contributed by atoms with Gasteiger partial charge in [0.25, 0.3) is 0 Å². The van der Waals surface area contributed by atoms with Crippen LogP contribution in [0.1, 0.15) is 35.2 Å². The number of fused-ring (bicyclic) bond motifs is 1. The van der Waals surface area contributed by atoms with E-state index in [4.69, 9.17) is 21.1 Å². The van der Waals surface area contributed by atoms with E-state index in [1.54, 1.807) is 30.2 Å². The predicted molar refractivity (Wildman–Crippen MR) is 96.3 cm³/mol. The number of amides is 1. The third kappa shape index (κ3) is 3.71. The number of carbonyl (C=O) groups excluding carboxylic acids is 2. The van der Waals surface area contributed by atoms with E-state index >= 15 is 0 Å². The first-order valence-electron chi connectivity index (χ1n) is 8.30. The van der Waals surface area contributed by atoms with Gasteiger partial charge in [0.05, 0.1) is 18.6 Å². The van der Waals surface area contributed by atoms with Crippen molar-refractivity contribution >= 4 is 34.4 Å². The fraction of sp³-hybridized carbons (Fsp3) is 0.368. The molecule has 0 aliphatic carbocycles. The zero-order chi connectivity index (χ0) is 17.8. The molecular weight excluding hydrogens is 342 g/mol. The van der Waals surface area contributed by atoms with Gasteiger partial charge in [-0.25, -0.2) is 9.59 Å². The molecule has 0 unspecified atom stereocenters. The molecule has 1 fully saturated rings. The number of ether oxygens (including phenoxy) is 2. The first-order valence-corrected chi connectivity index (χ1v) is 8.84. The number of piperidine rings is 1. The number of methoxy groups -OCH3 is 1. The van der Waals surface area contributed by atoms with Crippen LogP contribution >= 0.6 is 11.6 Å². The van der Waals surface area contributed by atoms with Crippen LogP contribution in [0.4, 0.5) is 4.79 Å². The van der Waals surface area contributed by atoms with Gasteiger partial charge in [-0.05, 0) is 48.2 Å². The molecule has 0 saturated carbocycles. The molecule has 1 aliphatic rings. The SMILES string of the molecule is COc1ccc2cc(C(=O)OC(=O)N3CCCCC3)ccc2c1CCl. The number of benzene rings is 2. The summed E-state index contributed by atoms with van der Waals surface area (Å²) in [6.45, 7) is 1.28. The van der Waals surface area contributed by atoms with Gasteiger partial charge < -0.3 is 14.4 Å². The smallest absolute Gasteiger partial charge is 0.417 e. The number of likely N-dealkylation sites (tertiary alicyclic amines) is 1. The van der Waals surface area contributed by atoms with Crippen molar-refractivity contribution in [3.05, 3.63) is 41.5 Å². The third-order valence-electron chi connectivity index (χ3n) is 4.47. The number of hydrogen-bond acceptors (Lipinski definition) is 4. The molecule has 2 aromatic carbocycles. The van der Waals surface area contributed by atoms with Gasteiger partial charge in [0.2, 0.25) is 0 Å². The standard InChI is InChI=1S/C19H20ClNO4/c1-24-17-8-6-13-11-14(5-7-15(13)16(17)12-20)18(22)25-19(23)21-9-3-2-4-10-21/h5-8,11H,2-4,9-10,12H2,1H3. The first kappa shape index (κ1) is 17.5. The molecule has 1 amide bonds. The zero-order valence-corrected chi connectivity index (χ0v) is 14.8. The number of nitrogens with zero attached hydrogens (tertiary/aromatic N) is 1. The van der Waals surface area contributed by atoms with Crippen molar-refractivity contribution in [1.29, 1.82) is 0 Å². The van der Waals surface area contributed by atoms with Crippen LogP contribution in [0.25, 0.3) is 10.8 Å². The highest BCUT2D eigenvalue weighted by Gasteiger charge is 2.21. The van der Waals surface area contributed by atoms with Gasteiger partial charge in [-0.3, -0.25) is 0 Å². The maximum atomic E-state index is 12.3. The normalized spacial score (nSPS) is 14.4. The summed E-state index contributed by atoms with van der Waals surface area (Å²) in [5, 5.41) is 1.75. The molecule has 0 spiro atoms. The fourth-order valence-electron chi connectivity index (χ4n) is 3.11. The van der Waals surface area contributed by atoms with Crippen LogP contribution < -0.4 is 4.74 Å². The van der Waals surface area contributed by atoms with Crippen molar-refractivity contribution in [2.45, 2.75) is 25.1 Å². The third-order valence-corrected chi connectivity index (χ3v) is 4.74. The van der Waals surface area contributed by atoms with Crippen LogP contribution in [0.5, 0.6) is 5.75 Å². The second-order valence-electron chi connectivity index (χ2n) is 6.02. The van der Waals surface area contributed by atoms with Gasteiger partial charge in [0.1, 0.15) is 5.75 Å². The monoisotopic (exact) mass is 361 g/mol. The fourth-order valence-corrected chi connectivity index (χ4v) is 3.39. The van der Waals surface area contributed by atoms with Crippen LogP contribution in [0, 0.1) is 0 Å². The van der Waals surface area contributed by atoms with Crippen LogP contribution in [0.3, 0.4) is 0 Å². The van der Waals surface area contributed by atoms with Crippen molar-refractivity contribution in [2.75, 3.05) is 20.2 Å². The van der Waals surface area contributed by atoms with Crippen LogP contribution in [-0.2, 0) is 10.6 Å². The Kier molecular flexibility index (Phi) is 5.43. The van der Waals surface area contributed by atoms with Crippen molar-refractivity contribution in [2.24, 2.45) is 0 Å². The van der Waals surface area contributed by atoms with Gasteiger partial charge in [0.15, 0.2) is 0 Å². The Balaban J connectivity index is 1.81. The summed E-state index contributed by atoms with van der Waals surface area (Å²) < 4.78 is 10.3. The average molecular weight is 362 g/mol. The van der Waals surface area contributed by atoms with E-state index in [0.29, 0.717) is 30.3 Å². The van der Waals surface area contributed by atoms with E-state index in [2.05, 4.69) is 0 Å². The van der Waals surface area contributed by atoms with Crippen LogP contribution in [0.2, 0.25) is 0 Å². The molecule has 0 radical (unpaired) electrons. The molecule has 25 heavy (non-hydrogen) atoms. The second-order valence-corrected chi connectivity index (χ2v) is 6.29. The number of halogens is 1. The van der Waals surface area contributed by atoms with Crippen molar-refractivity contribution in [1.82, 2.24) is 4.90 Å². The molecule has 0 N–H and O–H groups in total. The first-order chi connectivity index (χ1) is 12.1. The molecule has 132 valence electrons. The Bertz CT molecular complexity index is 799. The number of carbonyl (C=O) groups is 2. The Labute approximate surface area is 151 Å². The molecule has 5 nitrogen and oxygen atoms in total. The largest absolute Gasteiger partial charge is 0.496 e. The quantitative estimate of drug-likeness (QED) is 0.463. The van der Waals surface area contributed by atoms with Crippen LogP contribution in [-0.4, -0.2) is 37.2 Å². The summed E-state index contributed by atoms with van der Waals surface area (Å²) in [6, 6.07) is 8.82. The molecule has 1 heterocycles. The van der Waals surface area contributed by atoms with Gasteiger partial charge in [0, 0.05) is 18.7 Å². The zero-order valence-electron chi connectivity index (χ0n) is 14.1. The summed E-state index contributed by atoms with van der Waals surface area (Å²) in [5.41, 5.74) is 1.20. The van der Waals surface area contributed by atoms with E-state index in [1.165, 1.54) is 0 Å². The van der Waals surface area contributed by atoms with E-state index in [-0.39, 0.29) is 0 Å². The highest BCUT2D eigenvalue weighted by molar-refractivity contribution is 6.18. The van der Waals surface area contributed by atoms with E-state index in [1.807, 2.05) is 12.1 Å². The Morgan fingerprint density at radius 1 is 1.12 bits per heavy atom. The minimum atomic E-state index is -0.638. The number of alkyl halides is 1. The predicted octanol–water partition coefficient (Wildman–Crippen LogP) is 4.35. The molecular formula is C19H20ClNO4. The molecule has 1 aliphatic heterocycles. The minimum Gasteiger partial charge on any atom is -0.496 e. The molecule has 0 bridgehead atoms. The number of hydrogen-bond donors (Lipinski definition) is 0. The topological polar surface area (TPSA) is 55.8 Å². The second kappa shape index (κ2) is 7.74. The summed E-state index contributed by atoms with van der Waals surface area (Å²) in [5.74, 6) is 0.372. The molecule has 1 saturated heterocycles. The summed E-state index contributed by atoms with van der Waals surface area (Å²) >= 11 is 6.03. The van der Waals surface area contributed by atoms with E-state index in [9.17, 15) is 9.59 Å². The van der Waals surface area contributed by atoms with Crippen molar-refractivity contribution in [3.63, 3.8) is 0 Å². The molecule has 0 aromatic heterocycles. The van der Waals surface area contributed by atoms with Crippen LogP contribution in [0.15, 0.2) is 30.3 Å². The number of esters is 1. The molecule has 6 heteroatoms. The molecule has 3 rings (SSSR count). The molecule has 0 atom stereocenters. The maximum absolute atomic E-state index is 12.3. The lowest BCUT2D eigenvalue weighted by Gasteiger charge is -2.25. The van der Waals surface area contributed by atoms with Crippen molar-refractivity contribution in [3.8, 4) is 5.75 Å². The minimum absolute atomic E-state index is 0.303.